The summed E-state index contributed by atoms with van der Waals surface area (Å²) in [5.41, 5.74) is 8.73. The van der Waals surface area contributed by atoms with Crippen molar-refractivity contribution in [3.05, 3.63) is 181 Å². The molecular weight excluding hydrogens is 600 g/mol. The van der Waals surface area contributed by atoms with Gasteiger partial charge in [-0.05, 0) is 102 Å². The van der Waals surface area contributed by atoms with Gasteiger partial charge in [0.1, 0.15) is 0 Å². The fourth-order valence-corrected chi connectivity index (χ4v) is 7.41. The summed E-state index contributed by atoms with van der Waals surface area (Å²) >= 11 is 8.40. The van der Waals surface area contributed by atoms with Crippen LogP contribution in [0.5, 0.6) is 0 Å². The average Bonchev–Trinajstić information content (AvgIpc) is 3.48. The highest BCUT2D eigenvalue weighted by Crippen LogP contribution is 2.42. The second-order valence-electron chi connectivity index (χ2n) is 11.2. The Kier molecular flexibility index (Phi) is 7.47. The molecule has 0 N–H and O–H groups in total. The van der Waals surface area contributed by atoms with Crippen molar-refractivity contribution >= 4 is 77.2 Å². The highest BCUT2D eigenvalue weighted by Gasteiger charge is 2.17. The van der Waals surface area contributed by atoms with E-state index in [0.29, 0.717) is 5.02 Å². The Morgan fingerprint density at radius 1 is 0.348 bits per heavy atom. The smallest absolute Gasteiger partial charge is 0.0482 e. The fourth-order valence-electron chi connectivity index (χ4n) is 6.14. The van der Waals surface area contributed by atoms with Gasteiger partial charge < -0.3 is 9.80 Å². The number of anilines is 6. The molecule has 0 bridgehead atoms. The maximum Gasteiger partial charge on any atom is 0.0482 e. The van der Waals surface area contributed by atoms with Crippen LogP contribution in [0, 0.1) is 0 Å². The van der Waals surface area contributed by atoms with Gasteiger partial charge in [-0.2, -0.15) is 0 Å². The zero-order chi connectivity index (χ0) is 30.9. The number of rotatable bonds is 7. The molecule has 1 aromatic heterocycles. The first-order valence-corrected chi connectivity index (χ1v) is 16.5. The van der Waals surface area contributed by atoms with E-state index in [2.05, 4.69) is 155 Å². The molecule has 0 aliphatic carbocycles. The quantitative estimate of drug-likeness (QED) is 0.173. The van der Waals surface area contributed by atoms with Crippen molar-refractivity contribution in [2.24, 2.45) is 0 Å². The number of thiophene rings is 1. The molecule has 0 spiro atoms. The third-order valence-electron chi connectivity index (χ3n) is 8.28. The number of benzene rings is 7. The Morgan fingerprint density at radius 2 is 0.848 bits per heavy atom. The molecule has 0 amide bonds. The molecule has 0 aliphatic rings. The molecule has 0 unspecified atom stereocenters. The summed E-state index contributed by atoms with van der Waals surface area (Å²) in [5.74, 6) is 0. The third-order valence-corrected chi connectivity index (χ3v) is 9.66. The highest BCUT2D eigenvalue weighted by molar-refractivity contribution is 7.25. The van der Waals surface area contributed by atoms with Gasteiger partial charge in [-0.1, -0.05) is 96.5 Å². The van der Waals surface area contributed by atoms with Crippen molar-refractivity contribution in [1.82, 2.24) is 0 Å². The molecule has 220 valence electrons. The predicted octanol–water partition coefficient (Wildman–Crippen LogP) is 13.3. The van der Waals surface area contributed by atoms with Crippen LogP contribution in [0.4, 0.5) is 34.1 Å². The molecule has 0 aliphatic heterocycles. The van der Waals surface area contributed by atoms with Crippen LogP contribution < -0.4 is 9.80 Å². The van der Waals surface area contributed by atoms with E-state index in [0.717, 1.165) is 34.1 Å². The van der Waals surface area contributed by atoms with Gasteiger partial charge in [-0.25, -0.2) is 0 Å². The first-order valence-electron chi connectivity index (χ1n) is 15.3. The van der Waals surface area contributed by atoms with Gasteiger partial charge in [0, 0.05) is 59.3 Å². The Morgan fingerprint density at radius 3 is 1.52 bits per heavy atom. The molecular formula is C42H29ClN2S. The highest BCUT2D eigenvalue weighted by atomic mass is 35.5. The third kappa shape index (κ3) is 5.41. The van der Waals surface area contributed by atoms with Gasteiger partial charge >= 0.3 is 0 Å². The molecule has 8 aromatic rings. The monoisotopic (exact) mass is 628 g/mol. The lowest BCUT2D eigenvalue weighted by molar-refractivity contribution is 1.25. The molecule has 8 rings (SSSR count). The fraction of sp³-hybridized carbons (Fsp3) is 0. The molecule has 7 aromatic carbocycles. The molecule has 4 heteroatoms. The van der Waals surface area contributed by atoms with Gasteiger partial charge in [-0.15, -0.1) is 11.3 Å². The summed E-state index contributed by atoms with van der Waals surface area (Å²) in [6.45, 7) is 0. The minimum Gasteiger partial charge on any atom is -0.310 e. The van der Waals surface area contributed by atoms with Crippen LogP contribution in [0.15, 0.2) is 176 Å². The van der Waals surface area contributed by atoms with Crippen LogP contribution in [0.3, 0.4) is 0 Å². The normalized spacial score (nSPS) is 11.2. The summed E-state index contributed by atoms with van der Waals surface area (Å²) in [6, 6.07) is 62.0. The summed E-state index contributed by atoms with van der Waals surface area (Å²) in [4.78, 5) is 4.55. The van der Waals surface area contributed by atoms with E-state index in [-0.39, 0.29) is 0 Å². The molecule has 0 fully saturated rings. The van der Waals surface area contributed by atoms with Crippen molar-refractivity contribution in [2.45, 2.75) is 0 Å². The number of hydrogen-bond donors (Lipinski definition) is 0. The molecule has 0 saturated heterocycles. The van der Waals surface area contributed by atoms with Crippen molar-refractivity contribution in [3.63, 3.8) is 0 Å². The summed E-state index contributed by atoms with van der Waals surface area (Å²) < 4.78 is 2.64. The van der Waals surface area contributed by atoms with E-state index < -0.39 is 0 Å². The lowest BCUT2D eigenvalue weighted by Crippen LogP contribution is -2.13. The summed E-state index contributed by atoms with van der Waals surface area (Å²) in [7, 11) is 0. The van der Waals surface area contributed by atoms with Crippen molar-refractivity contribution in [3.8, 4) is 11.1 Å². The van der Waals surface area contributed by atoms with E-state index in [4.69, 9.17) is 11.6 Å². The van der Waals surface area contributed by atoms with E-state index in [1.165, 1.54) is 31.3 Å². The van der Waals surface area contributed by atoms with E-state index >= 15 is 0 Å². The van der Waals surface area contributed by atoms with Crippen LogP contribution in [0.1, 0.15) is 0 Å². The topological polar surface area (TPSA) is 6.48 Å². The SMILES string of the molecule is Clc1cccc(N(c2ccc(-c3ccc4sc5ccccc5c4c3)cc2)c2cccc(N(c3ccccc3)c3ccccc3)c2)c1. The molecule has 0 saturated carbocycles. The van der Waals surface area contributed by atoms with E-state index in [1.807, 2.05) is 41.7 Å². The number of halogens is 1. The van der Waals surface area contributed by atoms with Crippen LogP contribution in [-0.2, 0) is 0 Å². The Bertz CT molecular complexity index is 2240. The van der Waals surface area contributed by atoms with E-state index in [9.17, 15) is 0 Å². The van der Waals surface area contributed by atoms with Crippen LogP contribution in [0.25, 0.3) is 31.3 Å². The molecule has 2 nitrogen and oxygen atoms in total. The van der Waals surface area contributed by atoms with Crippen molar-refractivity contribution in [2.75, 3.05) is 9.80 Å². The molecule has 0 atom stereocenters. The minimum atomic E-state index is 0.696. The predicted molar refractivity (Wildman–Crippen MR) is 199 cm³/mol. The van der Waals surface area contributed by atoms with Gasteiger partial charge in [-0.3, -0.25) is 0 Å². The van der Waals surface area contributed by atoms with Crippen molar-refractivity contribution < 1.29 is 0 Å². The van der Waals surface area contributed by atoms with Crippen LogP contribution >= 0.6 is 22.9 Å². The lowest BCUT2D eigenvalue weighted by Gasteiger charge is -2.29. The maximum atomic E-state index is 6.56. The minimum absolute atomic E-state index is 0.696. The lowest BCUT2D eigenvalue weighted by atomic mass is 10.0. The molecule has 0 radical (unpaired) electrons. The Balaban J connectivity index is 1.21. The summed E-state index contributed by atoms with van der Waals surface area (Å²) in [5, 5.41) is 3.32. The van der Waals surface area contributed by atoms with Gasteiger partial charge in [0.15, 0.2) is 0 Å². The zero-order valence-electron chi connectivity index (χ0n) is 24.9. The average molecular weight is 629 g/mol. The van der Waals surface area contributed by atoms with Gasteiger partial charge in [0.2, 0.25) is 0 Å². The standard InChI is InChI=1S/C42H29ClN2S/c43-32-11-9-16-36(28-32)45(38-18-10-17-37(29-38)44(33-12-3-1-4-13-33)34-14-5-2-6-15-34)35-24-21-30(22-25-35)31-23-26-42-40(27-31)39-19-7-8-20-41(39)46-42/h1-29H. The number of nitrogens with zero attached hydrogens (tertiary/aromatic N) is 2. The number of para-hydroxylation sites is 2. The summed E-state index contributed by atoms with van der Waals surface area (Å²) in [6.07, 6.45) is 0. The molecule has 46 heavy (non-hydrogen) atoms. The molecule has 1 heterocycles. The van der Waals surface area contributed by atoms with Gasteiger partial charge in [0.25, 0.3) is 0 Å². The van der Waals surface area contributed by atoms with Gasteiger partial charge in [0.05, 0.1) is 0 Å². The Hall–Kier alpha value is -5.35. The maximum absolute atomic E-state index is 6.56. The first kappa shape index (κ1) is 28.1. The van der Waals surface area contributed by atoms with E-state index in [1.54, 1.807) is 0 Å². The first-order chi connectivity index (χ1) is 22.7. The van der Waals surface area contributed by atoms with Crippen LogP contribution in [-0.4, -0.2) is 0 Å². The number of fused-ring (bicyclic) bond motifs is 3. The Labute approximate surface area is 278 Å². The van der Waals surface area contributed by atoms with Crippen LogP contribution in [0.2, 0.25) is 5.02 Å². The zero-order valence-corrected chi connectivity index (χ0v) is 26.5. The van der Waals surface area contributed by atoms with Crippen molar-refractivity contribution in [1.29, 1.82) is 0 Å². The second kappa shape index (κ2) is 12.2. The second-order valence-corrected chi connectivity index (χ2v) is 12.7. The number of hydrogen-bond acceptors (Lipinski definition) is 3. The largest absolute Gasteiger partial charge is 0.310 e.